The zero-order valence-electron chi connectivity index (χ0n) is 7.80. The third-order valence-corrected chi connectivity index (χ3v) is 1.80. The summed E-state index contributed by atoms with van der Waals surface area (Å²) in [5, 5.41) is 0. The van der Waals surface area contributed by atoms with Crippen LogP contribution in [0.5, 0.6) is 0 Å². The number of Topliss-reactive ketones (excluding diaryl/α,β-unsaturated/α-hetero) is 1. The zero-order chi connectivity index (χ0) is 8.97. The first-order valence-electron chi connectivity index (χ1n) is 4.56. The average molecular weight is 168 g/mol. The molecule has 68 valence electrons. The first-order chi connectivity index (χ1) is 5.70. The Morgan fingerprint density at radius 1 is 1.67 bits per heavy atom. The second-order valence-electron chi connectivity index (χ2n) is 3.58. The Morgan fingerprint density at radius 2 is 2.42 bits per heavy atom. The quantitative estimate of drug-likeness (QED) is 0.646. The topological polar surface area (TPSA) is 26.3 Å². The van der Waals surface area contributed by atoms with E-state index in [9.17, 15) is 4.79 Å². The maximum Gasteiger partial charge on any atom is 0.197 e. The lowest BCUT2D eigenvalue weighted by Crippen LogP contribution is -2.12. The van der Waals surface area contributed by atoms with Crippen LogP contribution in [-0.4, -0.2) is 12.4 Å². The lowest BCUT2D eigenvalue weighted by Gasteiger charge is -2.14. The molecule has 0 aliphatic carbocycles. The molecule has 2 heteroatoms. The van der Waals surface area contributed by atoms with Crippen molar-refractivity contribution in [3.63, 3.8) is 0 Å². The molecule has 0 aromatic rings. The summed E-state index contributed by atoms with van der Waals surface area (Å²) in [6.07, 6.45) is 4.54. The SMILES string of the molecule is CC(C)CC(=O)C1=CCCCO1. The largest absolute Gasteiger partial charge is 0.490 e. The van der Waals surface area contributed by atoms with Crippen LogP contribution in [0.3, 0.4) is 0 Å². The van der Waals surface area contributed by atoms with Crippen LogP contribution in [0.1, 0.15) is 33.1 Å². The molecular formula is C10H16O2. The fraction of sp³-hybridized carbons (Fsp3) is 0.700. The normalized spacial score (nSPS) is 17.1. The van der Waals surface area contributed by atoms with Gasteiger partial charge in [0.1, 0.15) is 0 Å². The molecule has 1 aliphatic rings. The van der Waals surface area contributed by atoms with Crippen molar-refractivity contribution in [1.29, 1.82) is 0 Å². The molecule has 0 aromatic carbocycles. The molecule has 0 spiro atoms. The van der Waals surface area contributed by atoms with Crippen molar-refractivity contribution in [3.05, 3.63) is 11.8 Å². The summed E-state index contributed by atoms with van der Waals surface area (Å²) in [5.74, 6) is 1.17. The number of carbonyl (C=O) groups is 1. The molecule has 1 aliphatic heterocycles. The zero-order valence-corrected chi connectivity index (χ0v) is 7.80. The van der Waals surface area contributed by atoms with Crippen LogP contribution in [0.25, 0.3) is 0 Å². The number of ether oxygens (including phenoxy) is 1. The van der Waals surface area contributed by atoms with Crippen molar-refractivity contribution in [2.45, 2.75) is 33.1 Å². The summed E-state index contributed by atoms with van der Waals surface area (Å²) < 4.78 is 5.25. The molecule has 1 heterocycles. The highest BCUT2D eigenvalue weighted by Gasteiger charge is 2.14. The van der Waals surface area contributed by atoms with E-state index in [2.05, 4.69) is 0 Å². The predicted molar refractivity (Wildman–Crippen MR) is 47.7 cm³/mol. The Balaban J connectivity index is 2.45. The maximum atomic E-state index is 11.4. The van der Waals surface area contributed by atoms with Gasteiger partial charge in [-0.15, -0.1) is 0 Å². The maximum absolute atomic E-state index is 11.4. The van der Waals surface area contributed by atoms with E-state index in [4.69, 9.17) is 4.74 Å². The van der Waals surface area contributed by atoms with Gasteiger partial charge in [-0.3, -0.25) is 4.79 Å². The molecule has 0 bridgehead atoms. The highest BCUT2D eigenvalue weighted by molar-refractivity contribution is 5.93. The number of carbonyl (C=O) groups excluding carboxylic acids is 1. The second kappa shape index (κ2) is 4.29. The van der Waals surface area contributed by atoms with Crippen LogP contribution in [0.4, 0.5) is 0 Å². The van der Waals surface area contributed by atoms with E-state index in [1.165, 1.54) is 0 Å². The van der Waals surface area contributed by atoms with Gasteiger partial charge >= 0.3 is 0 Å². The van der Waals surface area contributed by atoms with Crippen LogP contribution >= 0.6 is 0 Å². The summed E-state index contributed by atoms with van der Waals surface area (Å²) in [7, 11) is 0. The minimum absolute atomic E-state index is 0.157. The molecule has 0 saturated carbocycles. The highest BCUT2D eigenvalue weighted by atomic mass is 16.5. The van der Waals surface area contributed by atoms with Crippen LogP contribution in [0, 0.1) is 5.92 Å². The molecule has 0 saturated heterocycles. The summed E-state index contributed by atoms with van der Waals surface area (Å²) in [6, 6.07) is 0. The standard InChI is InChI=1S/C10H16O2/c1-8(2)7-9(11)10-5-3-4-6-12-10/h5,8H,3-4,6-7H2,1-2H3. The second-order valence-corrected chi connectivity index (χ2v) is 3.58. The Morgan fingerprint density at radius 3 is 2.92 bits per heavy atom. The fourth-order valence-electron chi connectivity index (χ4n) is 1.22. The fourth-order valence-corrected chi connectivity index (χ4v) is 1.22. The van der Waals surface area contributed by atoms with Gasteiger partial charge in [0.15, 0.2) is 11.5 Å². The average Bonchev–Trinajstić information content (AvgIpc) is 2.05. The molecule has 0 N–H and O–H groups in total. The smallest absolute Gasteiger partial charge is 0.197 e. The summed E-state index contributed by atoms with van der Waals surface area (Å²) in [6.45, 7) is 4.79. The first-order valence-corrected chi connectivity index (χ1v) is 4.56. The number of allylic oxidation sites excluding steroid dienone is 2. The van der Waals surface area contributed by atoms with Crippen LogP contribution in [-0.2, 0) is 9.53 Å². The molecule has 0 fully saturated rings. The minimum atomic E-state index is 0.157. The van der Waals surface area contributed by atoms with Gasteiger partial charge < -0.3 is 4.74 Å². The van der Waals surface area contributed by atoms with Crippen molar-refractivity contribution >= 4 is 5.78 Å². The van der Waals surface area contributed by atoms with E-state index in [-0.39, 0.29) is 5.78 Å². The molecule has 0 atom stereocenters. The monoisotopic (exact) mass is 168 g/mol. The van der Waals surface area contributed by atoms with Gasteiger partial charge in [0, 0.05) is 6.42 Å². The van der Waals surface area contributed by atoms with Crippen LogP contribution < -0.4 is 0 Å². The van der Waals surface area contributed by atoms with Crippen molar-refractivity contribution < 1.29 is 9.53 Å². The molecule has 0 radical (unpaired) electrons. The molecule has 0 unspecified atom stereocenters. The third-order valence-electron chi connectivity index (χ3n) is 1.80. The van der Waals surface area contributed by atoms with Gasteiger partial charge in [-0.25, -0.2) is 0 Å². The first kappa shape index (κ1) is 9.30. The van der Waals surface area contributed by atoms with Crippen molar-refractivity contribution in [3.8, 4) is 0 Å². The van der Waals surface area contributed by atoms with Crippen molar-refractivity contribution in [2.24, 2.45) is 5.92 Å². The molecule has 1 rings (SSSR count). The lowest BCUT2D eigenvalue weighted by molar-refractivity contribution is -0.119. The Bertz CT molecular complexity index is 192. The molecule has 0 aromatic heterocycles. The summed E-state index contributed by atoms with van der Waals surface area (Å²) >= 11 is 0. The Labute approximate surface area is 73.6 Å². The van der Waals surface area contributed by atoms with Gasteiger partial charge in [-0.2, -0.15) is 0 Å². The van der Waals surface area contributed by atoms with Crippen molar-refractivity contribution in [2.75, 3.05) is 6.61 Å². The summed E-state index contributed by atoms with van der Waals surface area (Å²) in [5.41, 5.74) is 0. The van der Waals surface area contributed by atoms with E-state index >= 15 is 0 Å². The van der Waals surface area contributed by atoms with E-state index in [0.29, 0.717) is 24.7 Å². The number of hydrogen-bond donors (Lipinski definition) is 0. The van der Waals surface area contributed by atoms with Gasteiger partial charge in [0.2, 0.25) is 0 Å². The summed E-state index contributed by atoms with van der Waals surface area (Å²) in [4.78, 5) is 11.4. The lowest BCUT2D eigenvalue weighted by atomic mass is 10.0. The van der Waals surface area contributed by atoms with E-state index in [1.54, 1.807) is 0 Å². The predicted octanol–water partition coefficient (Wildman–Crippen LogP) is 2.30. The molecule has 0 amide bonds. The van der Waals surface area contributed by atoms with Crippen LogP contribution in [0.15, 0.2) is 11.8 Å². The minimum Gasteiger partial charge on any atom is -0.490 e. The van der Waals surface area contributed by atoms with E-state index < -0.39 is 0 Å². The van der Waals surface area contributed by atoms with Crippen molar-refractivity contribution in [1.82, 2.24) is 0 Å². The highest BCUT2D eigenvalue weighted by Crippen LogP contribution is 2.14. The number of hydrogen-bond acceptors (Lipinski definition) is 2. The van der Waals surface area contributed by atoms with Gasteiger partial charge in [-0.1, -0.05) is 13.8 Å². The van der Waals surface area contributed by atoms with Crippen LogP contribution in [0.2, 0.25) is 0 Å². The van der Waals surface area contributed by atoms with Gasteiger partial charge in [0.25, 0.3) is 0 Å². The molecule has 2 nitrogen and oxygen atoms in total. The molecule has 12 heavy (non-hydrogen) atoms. The number of rotatable bonds is 3. The molecular weight excluding hydrogens is 152 g/mol. The van der Waals surface area contributed by atoms with Gasteiger partial charge in [0.05, 0.1) is 6.61 Å². The number of ketones is 1. The van der Waals surface area contributed by atoms with E-state index in [0.717, 1.165) is 12.8 Å². The Kier molecular flexibility index (Phi) is 3.32. The Hall–Kier alpha value is -0.790. The van der Waals surface area contributed by atoms with Gasteiger partial charge in [-0.05, 0) is 24.8 Å². The third kappa shape index (κ3) is 2.68. The van der Waals surface area contributed by atoms with E-state index in [1.807, 2.05) is 19.9 Å².